The number of piperidine rings is 1. The van der Waals surface area contributed by atoms with Crippen molar-refractivity contribution in [3.8, 4) is 5.75 Å². The molecule has 0 bridgehead atoms. The lowest BCUT2D eigenvalue weighted by Gasteiger charge is -2.26. The van der Waals surface area contributed by atoms with Gasteiger partial charge in [0.2, 0.25) is 0 Å². The molecule has 3 rings (SSSR count). The molecular formula is C18H26N4O2. The second-order valence-electron chi connectivity index (χ2n) is 6.20. The fraction of sp³-hybridized carbons (Fsp3) is 0.556. The van der Waals surface area contributed by atoms with Crippen LogP contribution in [0.1, 0.15) is 42.4 Å². The van der Waals surface area contributed by atoms with Gasteiger partial charge >= 0.3 is 0 Å². The van der Waals surface area contributed by atoms with E-state index in [1.807, 2.05) is 36.6 Å². The van der Waals surface area contributed by atoms with Gasteiger partial charge in [0.05, 0.1) is 12.3 Å². The zero-order valence-corrected chi connectivity index (χ0v) is 14.5. The Bertz CT molecular complexity index is 704. The number of amides is 1. The third-order valence-electron chi connectivity index (χ3n) is 4.47. The number of imidazole rings is 1. The number of carbonyl (C=O) groups is 1. The van der Waals surface area contributed by atoms with Crippen LogP contribution >= 0.6 is 0 Å². The molecule has 0 aliphatic carbocycles. The molecule has 1 amide bonds. The number of aromatic nitrogens is 2. The number of aryl methyl sites for hydroxylation is 1. The van der Waals surface area contributed by atoms with E-state index in [1.54, 1.807) is 0 Å². The van der Waals surface area contributed by atoms with Gasteiger partial charge in [0.1, 0.15) is 5.69 Å². The highest BCUT2D eigenvalue weighted by molar-refractivity contribution is 5.94. The van der Waals surface area contributed by atoms with Crippen molar-refractivity contribution >= 4 is 11.6 Å². The molecule has 0 spiro atoms. The summed E-state index contributed by atoms with van der Waals surface area (Å²) in [6.07, 6.45) is 5.71. The third-order valence-corrected chi connectivity index (χ3v) is 4.47. The number of hydrogen-bond acceptors (Lipinski definition) is 4. The fourth-order valence-electron chi connectivity index (χ4n) is 3.29. The Balaban J connectivity index is 1.70. The molecule has 1 N–H and O–H groups in total. The van der Waals surface area contributed by atoms with Crippen LogP contribution in [0.2, 0.25) is 0 Å². The molecule has 2 aromatic heterocycles. The summed E-state index contributed by atoms with van der Waals surface area (Å²) in [4.78, 5) is 19.6. The minimum Gasteiger partial charge on any atom is -0.490 e. The Morgan fingerprint density at radius 1 is 1.33 bits per heavy atom. The maximum Gasteiger partial charge on any atom is 0.270 e. The number of ether oxygens (including phenoxy) is 1. The molecular weight excluding hydrogens is 304 g/mol. The highest BCUT2D eigenvalue weighted by Gasteiger charge is 2.19. The zero-order chi connectivity index (χ0) is 16.9. The first kappa shape index (κ1) is 16.8. The van der Waals surface area contributed by atoms with Crippen molar-refractivity contribution in [1.82, 2.24) is 19.6 Å². The van der Waals surface area contributed by atoms with Gasteiger partial charge in [-0.15, -0.1) is 0 Å². The number of fused-ring (bicyclic) bond motifs is 1. The number of hydrogen-bond donors (Lipinski definition) is 1. The Morgan fingerprint density at radius 3 is 2.88 bits per heavy atom. The van der Waals surface area contributed by atoms with Crippen molar-refractivity contribution in [2.24, 2.45) is 0 Å². The summed E-state index contributed by atoms with van der Waals surface area (Å²) in [5.41, 5.74) is 2.00. The zero-order valence-electron chi connectivity index (χ0n) is 14.5. The number of rotatable bonds is 6. The molecule has 130 valence electrons. The topological polar surface area (TPSA) is 58.9 Å². The van der Waals surface area contributed by atoms with Crippen molar-refractivity contribution in [1.29, 1.82) is 0 Å². The first-order valence-electron chi connectivity index (χ1n) is 8.81. The first-order valence-corrected chi connectivity index (χ1v) is 8.81. The smallest absolute Gasteiger partial charge is 0.270 e. The lowest BCUT2D eigenvalue weighted by Crippen LogP contribution is -2.38. The molecule has 0 atom stereocenters. The van der Waals surface area contributed by atoms with E-state index in [-0.39, 0.29) is 5.91 Å². The summed E-state index contributed by atoms with van der Waals surface area (Å²) in [6, 6.07) is 3.76. The SMILES string of the molecule is CCOc1cccn2c(C(=O)NCCN3CCCCC3)c(C)nc12. The van der Waals surface area contributed by atoms with Crippen LogP contribution in [0.15, 0.2) is 18.3 Å². The average Bonchev–Trinajstić information content (AvgIpc) is 2.93. The van der Waals surface area contributed by atoms with E-state index in [0.717, 1.165) is 25.3 Å². The van der Waals surface area contributed by atoms with Crippen LogP contribution < -0.4 is 10.1 Å². The van der Waals surface area contributed by atoms with Gasteiger partial charge in [0.25, 0.3) is 5.91 Å². The van der Waals surface area contributed by atoms with Crippen molar-refractivity contribution in [3.05, 3.63) is 29.7 Å². The Labute approximate surface area is 142 Å². The Kier molecular flexibility index (Phi) is 5.35. The van der Waals surface area contributed by atoms with E-state index in [9.17, 15) is 4.79 Å². The molecule has 0 radical (unpaired) electrons. The molecule has 1 saturated heterocycles. The van der Waals surface area contributed by atoms with E-state index in [2.05, 4.69) is 15.2 Å². The van der Waals surface area contributed by atoms with Crippen molar-refractivity contribution < 1.29 is 9.53 Å². The Morgan fingerprint density at radius 2 is 2.12 bits per heavy atom. The predicted molar refractivity (Wildman–Crippen MR) is 93.7 cm³/mol. The molecule has 0 saturated carbocycles. The predicted octanol–water partition coefficient (Wildman–Crippen LogP) is 2.26. The molecule has 0 unspecified atom stereocenters. The van der Waals surface area contributed by atoms with Gasteiger partial charge in [-0.25, -0.2) is 4.98 Å². The quantitative estimate of drug-likeness (QED) is 0.883. The van der Waals surface area contributed by atoms with Crippen LogP contribution in [-0.4, -0.2) is 53.0 Å². The normalized spacial score (nSPS) is 15.6. The summed E-state index contributed by atoms with van der Waals surface area (Å²) in [6.45, 7) is 8.23. The van der Waals surface area contributed by atoms with E-state index in [0.29, 0.717) is 30.2 Å². The number of carbonyl (C=O) groups excluding carboxylic acids is 1. The monoisotopic (exact) mass is 330 g/mol. The average molecular weight is 330 g/mol. The van der Waals surface area contributed by atoms with E-state index in [4.69, 9.17) is 4.74 Å². The maximum absolute atomic E-state index is 12.6. The molecule has 0 aromatic carbocycles. The minimum atomic E-state index is -0.0781. The van der Waals surface area contributed by atoms with Crippen LogP contribution in [0, 0.1) is 6.92 Å². The van der Waals surface area contributed by atoms with Crippen molar-refractivity contribution in [3.63, 3.8) is 0 Å². The number of pyridine rings is 1. The second-order valence-corrected chi connectivity index (χ2v) is 6.20. The van der Waals surface area contributed by atoms with Crippen LogP contribution in [0.4, 0.5) is 0 Å². The van der Waals surface area contributed by atoms with Gasteiger partial charge in [-0.3, -0.25) is 9.20 Å². The van der Waals surface area contributed by atoms with Gasteiger partial charge in [-0.2, -0.15) is 0 Å². The van der Waals surface area contributed by atoms with Crippen molar-refractivity contribution in [2.45, 2.75) is 33.1 Å². The highest BCUT2D eigenvalue weighted by Crippen LogP contribution is 2.22. The number of nitrogens with zero attached hydrogens (tertiary/aromatic N) is 3. The summed E-state index contributed by atoms with van der Waals surface area (Å²) < 4.78 is 7.42. The molecule has 1 fully saturated rings. The first-order chi connectivity index (χ1) is 11.7. The number of likely N-dealkylation sites (tertiary alicyclic amines) is 1. The molecule has 1 aliphatic rings. The van der Waals surface area contributed by atoms with E-state index in [1.165, 1.54) is 19.3 Å². The van der Waals surface area contributed by atoms with E-state index >= 15 is 0 Å². The van der Waals surface area contributed by atoms with Crippen molar-refractivity contribution in [2.75, 3.05) is 32.8 Å². The summed E-state index contributed by atoms with van der Waals surface area (Å²) >= 11 is 0. The lowest BCUT2D eigenvalue weighted by molar-refractivity contribution is 0.0940. The summed E-state index contributed by atoms with van der Waals surface area (Å²) in [7, 11) is 0. The lowest BCUT2D eigenvalue weighted by atomic mass is 10.1. The maximum atomic E-state index is 12.6. The fourth-order valence-corrected chi connectivity index (χ4v) is 3.29. The largest absolute Gasteiger partial charge is 0.490 e. The second kappa shape index (κ2) is 7.66. The standard InChI is InChI=1S/C18H26N4O2/c1-3-24-15-8-7-12-22-16(14(2)20-17(15)22)18(23)19-9-13-21-10-5-4-6-11-21/h7-8,12H,3-6,9-11,13H2,1-2H3,(H,19,23). The van der Waals surface area contributed by atoms with Gasteiger partial charge in [0.15, 0.2) is 11.4 Å². The van der Waals surface area contributed by atoms with E-state index < -0.39 is 0 Å². The minimum absolute atomic E-state index is 0.0781. The van der Waals surface area contributed by atoms with Crippen LogP contribution in [0.25, 0.3) is 5.65 Å². The summed E-state index contributed by atoms with van der Waals surface area (Å²) in [5, 5.41) is 3.03. The van der Waals surface area contributed by atoms with Gasteiger partial charge < -0.3 is 15.0 Å². The summed E-state index contributed by atoms with van der Waals surface area (Å²) in [5.74, 6) is 0.626. The molecule has 6 nitrogen and oxygen atoms in total. The van der Waals surface area contributed by atoms with Crippen LogP contribution in [-0.2, 0) is 0 Å². The molecule has 2 aromatic rings. The molecule has 6 heteroatoms. The van der Waals surface area contributed by atoms with Gasteiger partial charge in [0, 0.05) is 19.3 Å². The highest BCUT2D eigenvalue weighted by atomic mass is 16.5. The van der Waals surface area contributed by atoms with Gasteiger partial charge in [-0.1, -0.05) is 6.42 Å². The number of nitrogens with one attached hydrogen (secondary N) is 1. The molecule has 24 heavy (non-hydrogen) atoms. The van der Waals surface area contributed by atoms with Gasteiger partial charge in [-0.05, 0) is 51.9 Å². The molecule has 1 aliphatic heterocycles. The third kappa shape index (κ3) is 3.53. The molecule has 3 heterocycles. The van der Waals surface area contributed by atoms with Crippen LogP contribution in [0.3, 0.4) is 0 Å². The van der Waals surface area contributed by atoms with Crippen LogP contribution in [0.5, 0.6) is 5.75 Å². The Hall–Kier alpha value is -2.08.